The molecule has 0 saturated carbocycles. The molecule has 5 rings (SSSR count). The van der Waals surface area contributed by atoms with Crippen molar-refractivity contribution in [1.29, 1.82) is 0 Å². The minimum absolute atomic E-state index is 0.117. The molecule has 55 heavy (non-hydrogen) atoms. The lowest BCUT2D eigenvalue weighted by Gasteiger charge is -2.48. The molecule has 0 aliphatic carbocycles. The van der Waals surface area contributed by atoms with Gasteiger partial charge < -0.3 is 88.6 Å². The van der Waals surface area contributed by atoms with Crippen LogP contribution in [0.5, 0.6) is 23.0 Å². The van der Waals surface area contributed by atoms with E-state index < -0.39 is 105 Å². The van der Waals surface area contributed by atoms with Gasteiger partial charge in [-0.3, -0.25) is 0 Å². The highest BCUT2D eigenvalue weighted by Gasteiger charge is 2.54. The Morgan fingerprint density at radius 1 is 0.782 bits per heavy atom. The lowest BCUT2D eigenvalue weighted by atomic mass is 9.96. The van der Waals surface area contributed by atoms with Gasteiger partial charge in [0.2, 0.25) is 0 Å². The van der Waals surface area contributed by atoms with Crippen LogP contribution in [0.25, 0.3) is 6.08 Å². The lowest BCUT2D eigenvalue weighted by Crippen LogP contribution is -2.66. The van der Waals surface area contributed by atoms with E-state index in [2.05, 4.69) is 0 Å². The van der Waals surface area contributed by atoms with Gasteiger partial charge in [-0.25, -0.2) is 4.79 Å². The Kier molecular flexibility index (Phi) is 14.7. The molecule has 19 heteroatoms. The molecule has 19 nitrogen and oxygen atoms in total. The van der Waals surface area contributed by atoms with E-state index in [1.54, 1.807) is 18.2 Å². The van der Waals surface area contributed by atoms with Gasteiger partial charge in [0.05, 0.1) is 40.1 Å². The molecule has 0 aromatic heterocycles. The number of ether oxygens (including phenoxy) is 9. The van der Waals surface area contributed by atoms with Crippen LogP contribution >= 0.6 is 0 Å². The Hall–Kier alpha value is -3.67. The molecular formula is C36H48O19. The summed E-state index contributed by atoms with van der Waals surface area (Å²) in [5.41, 5.74) is 1.08. The molecule has 0 radical (unpaired) electrons. The van der Waals surface area contributed by atoms with Crippen LogP contribution in [-0.2, 0) is 44.4 Å². The minimum atomic E-state index is -1.81. The van der Waals surface area contributed by atoms with Gasteiger partial charge in [0.25, 0.3) is 0 Å². The number of phenols is 2. The molecule has 0 amide bonds. The lowest BCUT2D eigenvalue weighted by molar-refractivity contribution is -0.381. The molecule has 3 aliphatic heterocycles. The number of aliphatic hydroxyl groups excluding tert-OH is 7. The van der Waals surface area contributed by atoms with Crippen molar-refractivity contribution in [3.63, 3.8) is 0 Å². The van der Waals surface area contributed by atoms with Crippen molar-refractivity contribution >= 4 is 12.0 Å². The number of hydrogen-bond donors (Lipinski definition) is 9. The molecular weight excluding hydrogens is 736 g/mol. The van der Waals surface area contributed by atoms with Crippen LogP contribution in [0.4, 0.5) is 0 Å². The van der Waals surface area contributed by atoms with E-state index in [1.807, 2.05) is 0 Å². The minimum Gasteiger partial charge on any atom is -0.504 e. The topological polar surface area (TPSA) is 282 Å². The number of hydrogen-bond acceptors (Lipinski definition) is 19. The highest BCUT2D eigenvalue weighted by molar-refractivity contribution is 5.87. The van der Waals surface area contributed by atoms with Crippen molar-refractivity contribution in [3.05, 3.63) is 53.6 Å². The van der Waals surface area contributed by atoms with E-state index in [4.69, 9.17) is 42.6 Å². The Bertz CT molecular complexity index is 1590. The first-order valence-electron chi connectivity index (χ1n) is 17.4. The van der Waals surface area contributed by atoms with Crippen LogP contribution < -0.4 is 9.47 Å². The first-order chi connectivity index (χ1) is 26.3. The summed E-state index contributed by atoms with van der Waals surface area (Å²) in [4.78, 5) is 13.3. The highest BCUT2D eigenvalue weighted by Crippen LogP contribution is 2.34. The third-order valence-electron chi connectivity index (χ3n) is 9.40. The molecule has 2 aromatic carbocycles. The SMILES string of the molecule is COc1ccc(C=CC(=O)O[C@H]2[C@H](O[C@@H]3O[C@@H](C)[C@H](O)[C@@H](O)[C@H]3O[C@@H]3OC[C@H](O)[C@@H](O)[C@H]3O)[C@@H](O)[C@H](OCCc3ccc(O)c(O)c3)O[C@@H]2CO)cc1OC. The van der Waals surface area contributed by atoms with Crippen LogP contribution in [0.2, 0.25) is 0 Å². The average Bonchev–Trinajstić information content (AvgIpc) is 3.17. The molecule has 3 heterocycles. The fourth-order valence-corrected chi connectivity index (χ4v) is 6.25. The van der Waals surface area contributed by atoms with Gasteiger partial charge in [0.15, 0.2) is 48.0 Å². The van der Waals surface area contributed by atoms with Crippen molar-refractivity contribution < 1.29 is 93.4 Å². The fourth-order valence-electron chi connectivity index (χ4n) is 6.25. The molecule has 14 atom stereocenters. The summed E-state index contributed by atoms with van der Waals surface area (Å²) >= 11 is 0. The van der Waals surface area contributed by atoms with E-state index >= 15 is 0 Å². The quantitative estimate of drug-likeness (QED) is 0.0572. The van der Waals surface area contributed by atoms with Gasteiger partial charge in [-0.15, -0.1) is 0 Å². The normalized spacial score (nSPS) is 35.4. The van der Waals surface area contributed by atoms with Crippen molar-refractivity contribution in [2.24, 2.45) is 0 Å². The molecule has 3 fully saturated rings. The molecule has 2 aromatic rings. The third-order valence-corrected chi connectivity index (χ3v) is 9.40. The van der Waals surface area contributed by atoms with Gasteiger partial charge in [0.1, 0.15) is 54.9 Å². The van der Waals surface area contributed by atoms with Crippen molar-refractivity contribution in [2.75, 3.05) is 34.0 Å². The summed E-state index contributed by atoms with van der Waals surface area (Å²) in [6.07, 6.45) is -19.7. The number of aromatic hydroxyl groups is 2. The number of phenolic OH excluding ortho intramolecular Hbond substituents is 2. The van der Waals surface area contributed by atoms with E-state index in [0.717, 1.165) is 6.08 Å². The van der Waals surface area contributed by atoms with Gasteiger partial charge in [0, 0.05) is 6.08 Å². The fraction of sp³-hybridized carbons (Fsp3) is 0.583. The number of aliphatic hydroxyl groups is 7. The van der Waals surface area contributed by atoms with Gasteiger partial charge >= 0.3 is 5.97 Å². The predicted octanol–water partition coefficient (Wildman–Crippen LogP) is -1.95. The summed E-state index contributed by atoms with van der Waals surface area (Å²) in [6, 6.07) is 9.03. The van der Waals surface area contributed by atoms with E-state index in [9.17, 15) is 50.8 Å². The highest BCUT2D eigenvalue weighted by atomic mass is 16.8. The Labute approximate surface area is 315 Å². The van der Waals surface area contributed by atoms with Gasteiger partial charge in [-0.05, 0) is 54.8 Å². The first kappa shape index (κ1) is 42.5. The molecule has 3 saturated heterocycles. The van der Waals surface area contributed by atoms with Crippen LogP contribution in [-0.4, -0.2) is 172 Å². The maximum atomic E-state index is 13.3. The van der Waals surface area contributed by atoms with Crippen molar-refractivity contribution in [1.82, 2.24) is 0 Å². The number of carbonyl (C=O) groups excluding carboxylic acids is 1. The Balaban J connectivity index is 1.40. The maximum Gasteiger partial charge on any atom is 0.331 e. The first-order valence-corrected chi connectivity index (χ1v) is 17.4. The van der Waals surface area contributed by atoms with Gasteiger partial charge in [-0.2, -0.15) is 0 Å². The summed E-state index contributed by atoms with van der Waals surface area (Å²) in [5, 5.41) is 93.9. The van der Waals surface area contributed by atoms with Crippen LogP contribution in [0.1, 0.15) is 18.1 Å². The number of esters is 1. The summed E-state index contributed by atoms with van der Waals surface area (Å²) < 4.78 is 51.0. The van der Waals surface area contributed by atoms with Crippen LogP contribution in [0, 0.1) is 0 Å². The molecule has 0 spiro atoms. The van der Waals surface area contributed by atoms with Crippen LogP contribution in [0.3, 0.4) is 0 Å². The molecule has 0 unspecified atom stereocenters. The largest absolute Gasteiger partial charge is 0.504 e. The molecule has 306 valence electrons. The predicted molar refractivity (Wildman–Crippen MR) is 183 cm³/mol. The smallest absolute Gasteiger partial charge is 0.331 e. The Morgan fingerprint density at radius 3 is 2.20 bits per heavy atom. The molecule has 9 N–H and O–H groups in total. The standard InChI is InChI=1S/C36H48O19/c1-16-26(42)28(44)33(55-34-29(45)27(43)21(40)15-50-34)36(51-16)54-32-30(46)35(49-11-10-18-4-7-19(38)20(39)12-18)52-24(14-37)31(32)53-25(41)9-6-17-5-8-22(47-2)23(13-17)48-3/h4-9,12-13,16,21,24,26-40,42-46H,10-11,14-15H2,1-3H3/t16-,21-,24+,26-,27+,28+,29+,30+,31+,32+,33+,34-,35+,36-/m0/s1. The number of carbonyl (C=O) groups is 1. The third kappa shape index (κ3) is 10.0. The van der Waals surface area contributed by atoms with E-state index in [0.29, 0.717) is 22.6 Å². The van der Waals surface area contributed by atoms with Crippen molar-refractivity contribution in [2.45, 2.75) is 99.4 Å². The van der Waals surface area contributed by atoms with Crippen molar-refractivity contribution in [3.8, 4) is 23.0 Å². The van der Waals surface area contributed by atoms with Crippen LogP contribution in [0.15, 0.2) is 42.5 Å². The summed E-state index contributed by atoms with van der Waals surface area (Å²) in [7, 11) is 2.92. The van der Waals surface area contributed by atoms with Gasteiger partial charge in [-0.1, -0.05) is 12.1 Å². The average molecular weight is 785 g/mol. The second-order valence-electron chi connectivity index (χ2n) is 13.2. The summed E-state index contributed by atoms with van der Waals surface area (Å²) in [6.45, 7) is 0.0631. The zero-order valence-electron chi connectivity index (χ0n) is 30.1. The zero-order chi connectivity index (χ0) is 40.0. The number of rotatable bonds is 14. The maximum absolute atomic E-state index is 13.3. The second kappa shape index (κ2) is 19.0. The number of methoxy groups -OCH3 is 2. The monoisotopic (exact) mass is 784 g/mol. The second-order valence-corrected chi connectivity index (χ2v) is 13.2. The zero-order valence-corrected chi connectivity index (χ0v) is 30.1. The Morgan fingerprint density at radius 2 is 1.51 bits per heavy atom. The van der Waals surface area contributed by atoms with E-state index in [-0.39, 0.29) is 24.5 Å². The number of benzene rings is 2. The molecule has 0 bridgehead atoms. The summed E-state index contributed by atoms with van der Waals surface area (Å²) in [5.74, 6) is -0.782. The molecule has 3 aliphatic rings. The van der Waals surface area contributed by atoms with E-state index in [1.165, 1.54) is 45.4 Å².